The number of aromatic nitrogens is 2. The molecule has 160 valence electrons. The highest BCUT2D eigenvalue weighted by molar-refractivity contribution is 5.76. The lowest BCUT2D eigenvalue weighted by molar-refractivity contribution is 0.269. The number of para-hydroxylation sites is 1. The van der Waals surface area contributed by atoms with E-state index in [1.807, 2.05) is 12.1 Å². The van der Waals surface area contributed by atoms with E-state index in [1.54, 1.807) is 12.1 Å². The van der Waals surface area contributed by atoms with Crippen molar-refractivity contribution in [2.75, 3.05) is 19.6 Å². The van der Waals surface area contributed by atoms with E-state index in [-0.39, 0.29) is 16.7 Å². The first-order chi connectivity index (χ1) is 15.7. The smallest absolute Gasteiger partial charge is 0.307 e. The van der Waals surface area contributed by atoms with Crippen molar-refractivity contribution in [1.29, 1.82) is 0 Å². The first-order valence-electron chi connectivity index (χ1n) is 11.2. The number of aromatic amines is 1. The molecule has 2 unspecified atom stereocenters. The zero-order chi connectivity index (χ0) is 21.7. The lowest BCUT2D eigenvalue weighted by atomic mass is 9.83. The van der Waals surface area contributed by atoms with Gasteiger partial charge in [-0.2, -0.15) is 0 Å². The fourth-order valence-electron chi connectivity index (χ4n) is 5.99. The van der Waals surface area contributed by atoms with Gasteiger partial charge in [-0.15, -0.1) is 0 Å². The summed E-state index contributed by atoms with van der Waals surface area (Å²) in [7, 11) is 0. The number of nitrogens with one attached hydrogen (secondary N) is 1. The predicted octanol–water partition coefficient (Wildman–Crippen LogP) is 3.24. The van der Waals surface area contributed by atoms with E-state index in [0.717, 1.165) is 13.1 Å². The maximum Gasteiger partial charge on any atom is 0.328 e. The zero-order valence-electron chi connectivity index (χ0n) is 17.8. The Morgan fingerprint density at radius 3 is 1.94 bits per heavy atom. The molecule has 0 radical (unpaired) electrons. The summed E-state index contributed by atoms with van der Waals surface area (Å²) in [5, 5.41) is 0.559. The average Bonchev–Trinajstić information content (AvgIpc) is 3.24. The highest BCUT2D eigenvalue weighted by Gasteiger charge is 2.69. The summed E-state index contributed by atoms with van der Waals surface area (Å²) in [6.07, 6.45) is 0. The molecule has 3 aromatic carbocycles. The second-order valence-electron chi connectivity index (χ2n) is 9.01. The molecule has 1 aromatic heterocycles. The van der Waals surface area contributed by atoms with Crippen molar-refractivity contribution in [3.05, 3.63) is 117 Å². The molecule has 2 aliphatic rings. The van der Waals surface area contributed by atoms with Crippen molar-refractivity contribution in [2.24, 2.45) is 11.8 Å². The minimum Gasteiger partial charge on any atom is -0.307 e. The quantitative estimate of drug-likeness (QED) is 0.536. The van der Waals surface area contributed by atoms with Crippen LogP contribution in [-0.2, 0) is 12.0 Å². The van der Waals surface area contributed by atoms with Gasteiger partial charge in [0.15, 0.2) is 0 Å². The zero-order valence-corrected chi connectivity index (χ0v) is 17.8. The summed E-state index contributed by atoms with van der Waals surface area (Å²) in [5.41, 5.74) is 2.91. The maximum absolute atomic E-state index is 12.8. The minimum atomic E-state index is -0.332. The van der Waals surface area contributed by atoms with E-state index in [2.05, 4.69) is 70.5 Å². The summed E-state index contributed by atoms with van der Waals surface area (Å²) in [4.78, 5) is 30.6. The molecule has 0 amide bonds. The van der Waals surface area contributed by atoms with Gasteiger partial charge in [0.25, 0.3) is 5.56 Å². The lowest BCUT2D eigenvalue weighted by Gasteiger charge is -2.28. The van der Waals surface area contributed by atoms with Gasteiger partial charge in [0.1, 0.15) is 0 Å². The van der Waals surface area contributed by atoms with E-state index in [4.69, 9.17) is 0 Å². The Balaban J connectivity index is 1.23. The molecule has 0 spiro atoms. The van der Waals surface area contributed by atoms with Crippen LogP contribution in [0.4, 0.5) is 0 Å². The number of hydrogen-bond acceptors (Lipinski definition) is 3. The van der Waals surface area contributed by atoms with Crippen LogP contribution in [0.2, 0.25) is 0 Å². The number of hydrogen-bond donors (Lipinski definition) is 1. The molecule has 6 rings (SSSR count). The summed E-state index contributed by atoms with van der Waals surface area (Å²) >= 11 is 0. The van der Waals surface area contributed by atoms with Crippen LogP contribution in [-0.4, -0.2) is 34.1 Å². The van der Waals surface area contributed by atoms with Crippen molar-refractivity contribution in [2.45, 2.75) is 12.0 Å². The van der Waals surface area contributed by atoms with Crippen molar-refractivity contribution < 1.29 is 0 Å². The summed E-state index contributed by atoms with van der Waals surface area (Å²) in [6.45, 7) is 3.07. The van der Waals surface area contributed by atoms with Crippen LogP contribution in [0, 0.1) is 11.8 Å². The first-order valence-corrected chi connectivity index (χ1v) is 11.2. The number of nitrogens with zero attached hydrogens (tertiary/aromatic N) is 2. The predicted molar refractivity (Wildman–Crippen MR) is 126 cm³/mol. The molecule has 1 aliphatic heterocycles. The largest absolute Gasteiger partial charge is 0.328 e. The highest BCUT2D eigenvalue weighted by atomic mass is 16.2. The Morgan fingerprint density at radius 2 is 1.31 bits per heavy atom. The Hall–Kier alpha value is -3.44. The molecule has 32 heavy (non-hydrogen) atoms. The number of benzene rings is 3. The first kappa shape index (κ1) is 19.3. The van der Waals surface area contributed by atoms with Gasteiger partial charge in [-0.3, -0.25) is 9.36 Å². The van der Waals surface area contributed by atoms with Crippen LogP contribution >= 0.6 is 0 Å². The molecule has 4 aromatic rings. The molecule has 1 saturated heterocycles. The Bertz CT molecular complexity index is 1340. The van der Waals surface area contributed by atoms with Gasteiger partial charge in [-0.05, 0) is 35.1 Å². The molecule has 5 heteroatoms. The number of fused-ring (bicyclic) bond motifs is 2. The van der Waals surface area contributed by atoms with E-state index >= 15 is 0 Å². The monoisotopic (exact) mass is 423 g/mol. The summed E-state index contributed by atoms with van der Waals surface area (Å²) < 4.78 is 1.34. The third kappa shape index (κ3) is 2.81. The van der Waals surface area contributed by atoms with E-state index in [9.17, 15) is 9.59 Å². The lowest BCUT2D eigenvalue weighted by Crippen LogP contribution is -2.40. The third-order valence-electron chi connectivity index (χ3n) is 7.49. The normalized spacial score (nSPS) is 21.5. The molecule has 1 N–H and O–H groups in total. The van der Waals surface area contributed by atoms with E-state index in [0.29, 0.717) is 35.8 Å². The Labute approximate surface area is 186 Å². The molecule has 2 atom stereocenters. The Kier molecular flexibility index (Phi) is 4.40. The van der Waals surface area contributed by atoms with Crippen molar-refractivity contribution in [3.63, 3.8) is 0 Å². The fourth-order valence-corrected chi connectivity index (χ4v) is 5.99. The summed E-state index contributed by atoms with van der Waals surface area (Å²) in [5.74, 6) is 1.11. The minimum absolute atomic E-state index is 0.0796. The van der Waals surface area contributed by atoms with Crippen molar-refractivity contribution in [1.82, 2.24) is 14.5 Å². The summed E-state index contributed by atoms with van der Waals surface area (Å²) in [6, 6.07) is 28.9. The number of likely N-dealkylation sites (tertiary alicyclic amines) is 1. The average molecular weight is 424 g/mol. The molecule has 2 fully saturated rings. The van der Waals surface area contributed by atoms with Crippen LogP contribution in [0.25, 0.3) is 10.9 Å². The molecule has 1 saturated carbocycles. The molecule has 2 heterocycles. The standard InChI is InChI=1S/C27H25N3O2/c31-25-21-13-7-8-14-24(21)28-26(32)30(25)16-15-29-17-22-23(18-29)27(22,19-9-3-1-4-10-19)20-11-5-2-6-12-20/h1-14,22-23H,15-18H2,(H,28,32). The molecular weight excluding hydrogens is 398 g/mol. The van der Waals surface area contributed by atoms with Gasteiger partial charge in [-0.25, -0.2) is 4.79 Å². The topological polar surface area (TPSA) is 58.1 Å². The Morgan fingerprint density at radius 1 is 0.750 bits per heavy atom. The van der Waals surface area contributed by atoms with Crippen LogP contribution in [0.1, 0.15) is 11.1 Å². The number of rotatable bonds is 5. The van der Waals surface area contributed by atoms with E-state index < -0.39 is 0 Å². The van der Waals surface area contributed by atoms with Gasteiger partial charge in [0.2, 0.25) is 0 Å². The second kappa shape index (κ2) is 7.31. The van der Waals surface area contributed by atoms with Crippen LogP contribution in [0.3, 0.4) is 0 Å². The molecule has 1 aliphatic carbocycles. The number of piperidine rings is 1. The molecular formula is C27H25N3O2. The van der Waals surface area contributed by atoms with E-state index in [1.165, 1.54) is 15.7 Å². The van der Waals surface area contributed by atoms with Gasteiger partial charge in [-0.1, -0.05) is 72.8 Å². The SMILES string of the molecule is O=c1[nH]c2ccccc2c(=O)n1CCN1CC2C(C1)C2(c1ccccc1)c1ccccc1. The van der Waals surface area contributed by atoms with Crippen LogP contribution in [0.15, 0.2) is 94.5 Å². The fraction of sp³-hybridized carbons (Fsp3) is 0.259. The van der Waals surface area contributed by atoms with Gasteiger partial charge >= 0.3 is 5.69 Å². The van der Waals surface area contributed by atoms with Gasteiger partial charge in [0.05, 0.1) is 10.9 Å². The van der Waals surface area contributed by atoms with Crippen LogP contribution in [0.5, 0.6) is 0 Å². The highest BCUT2D eigenvalue weighted by Crippen LogP contribution is 2.66. The molecule has 5 nitrogen and oxygen atoms in total. The van der Waals surface area contributed by atoms with Gasteiger partial charge < -0.3 is 9.88 Å². The van der Waals surface area contributed by atoms with Crippen molar-refractivity contribution in [3.8, 4) is 0 Å². The molecule has 0 bridgehead atoms. The third-order valence-corrected chi connectivity index (χ3v) is 7.49. The number of H-pyrrole nitrogens is 1. The maximum atomic E-state index is 12.8. The van der Waals surface area contributed by atoms with Crippen LogP contribution < -0.4 is 11.2 Å². The van der Waals surface area contributed by atoms with Gasteiger partial charge in [0, 0.05) is 31.6 Å². The second-order valence-corrected chi connectivity index (χ2v) is 9.01. The van der Waals surface area contributed by atoms with Crippen molar-refractivity contribution >= 4 is 10.9 Å².